The molecule has 5 nitrogen and oxygen atoms in total. The second-order valence-electron chi connectivity index (χ2n) is 4.71. The summed E-state index contributed by atoms with van der Waals surface area (Å²) in [5, 5.41) is 8.79. The minimum absolute atomic E-state index is 0.0383. The number of aromatic nitrogens is 2. The van der Waals surface area contributed by atoms with Crippen molar-refractivity contribution in [2.24, 2.45) is 7.05 Å². The Balaban J connectivity index is 2.74. The number of nitriles is 1. The molecule has 0 aliphatic heterocycles. The zero-order valence-electron chi connectivity index (χ0n) is 12.1. The van der Waals surface area contributed by atoms with Crippen molar-refractivity contribution < 1.29 is 13.2 Å². The minimum Gasteiger partial charge on any atom is -0.292 e. The number of benzene rings is 1. The maximum atomic E-state index is 12.8. The van der Waals surface area contributed by atoms with Gasteiger partial charge in [0.2, 0.25) is 0 Å². The average Bonchev–Trinajstić information content (AvgIpc) is 2.50. The van der Waals surface area contributed by atoms with Gasteiger partial charge in [-0.2, -0.15) is 18.4 Å². The second-order valence-corrected chi connectivity index (χ2v) is 5.12. The molecule has 2 rings (SSSR count). The largest absolute Gasteiger partial charge is 0.431 e. The lowest BCUT2D eigenvalue weighted by molar-refractivity contribution is -0.144. The lowest BCUT2D eigenvalue weighted by Crippen LogP contribution is -2.40. The quantitative estimate of drug-likeness (QED) is 0.778. The fraction of sp³-hybridized carbons (Fsp3) is 0.133. The third-order valence-corrected chi connectivity index (χ3v) is 3.53. The highest BCUT2D eigenvalue weighted by molar-refractivity contribution is 6.32. The predicted octanol–water partition coefficient (Wildman–Crippen LogP) is 2.75. The van der Waals surface area contributed by atoms with Crippen molar-refractivity contribution in [3.05, 3.63) is 67.5 Å². The number of hydrogen-bond acceptors (Lipinski definition) is 3. The van der Waals surface area contributed by atoms with Crippen LogP contribution in [0, 0.1) is 11.3 Å². The summed E-state index contributed by atoms with van der Waals surface area (Å²) in [6.07, 6.45) is -2.34. The van der Waals surface area contributed by atoms with Crippen LogP contribution in [0.1, 0.15) is 11.3 Å². The van der Waals surface area contributed by atoms with Gasteiger partial charge in [0.25, 0.3) is 5.56 Å². The van der Waals surface area contributed by atoms with Gasteiger partial charge in [-0.05, 0) is 29.8 Å². The molecular weight excluding hydrogens is 347 g/mol. The van der Waals surface area contributed by atoms with Crippen LogP contribution in [0.2, 0.25) is 5.02 Å². The third-order valence-electron chi connectivity index (χ3n) is 3.19. The van der Waals surface area contributed by atoms with Crippen molar-refractivity contribution in [1.82, 2.24) is 9.13 Å². The van der Waals surface area contributed by atoms with Gasteiger partial charge in [0.15, 0.2) is 0 Å². The Morgan fingerprint density at radius 2 is 1.92 bits per heavy atom. The Bertz CT molecular complexity index is 981. The number of hydrogen-bond donors (Lipinski definition) is 0. The van der Waals surface area contributed by atoms with E-state index in [1.807, 2.05) is 0 Å². The fourth-order valence-electron chi connectivity index (χ4n) is 2.06. The van der Waals surface area contributed by atoms with Gasteiger partial charge in [-0.15, -0.1) is 0 Å². The van der Waals surface area contributed by atoms with Crippen LogP contribution in [0.3, 0.4) is 0 Å². The summed E-state index contributed by atoms with van der Waals surface area (Å²) in [4.78, 5) is 24.2. The van der Waals surface area contributed by atoms with Crippen LogP contribution in [0.25, 0.3) is 11.8 Å². The zero-order chi connectivity index (χ0) is 18.1. The summed E-state index contributed by atoms with van der Waals surface area (Å²) in [5.74, 6) is 0. The van der Waals surface area contributed by atoms with Crippen molar-refractivity contribution in [2.45, 2.75) is 6.18 Å². The Morgan fingerprint density at radius 3 is 2.50 bits per heavy atom. The molecule has 0 aliphatic rings. The maximum Gasteiger partial charge on any atom is 0.431 e. The normalized spacial score (nSPS) is 11.7. The molecule has 0 unspecified atom stereocenters. The van der Waals surface area contributed by atoms with Crippen LogP contribution in [-0.2, 0) is 13.2 Å². The molecular formula is C15H9ClF3N3O2. The first kappa shape index (κ1) is 17.6. The van der Waals surface area contributed by atoms with Crippen LogP contribution >= 0.6 is 11.6 Å². The summed E-state index contributed by atoms with van der Waals surface area (Å²) in [5.41, 5.74) is -3.23. The van der Waals surface area contributed by atoms with Crippen molar-refractivity contribution in [3.63, 3.8) is 0 Å². The van der Waals surface area contributed by atoms with E-state index in [2.05, 4.69) is 0 Å². The molecule has 0 N–H and O–H groups in total. The molecule has 1 aromatic carbocycles. The molecule has 24 heavy (non-hydrogen) atoms. The number of allylic oxidation sites excluding steroid dienone is 1. The summed E-state index contributed by atoms with van der Waals surface area (Å²) < 4.78 is 39.4. The van der Waals surface area contributed by atoms with Gasteiger partial charge >= 0.3 is 11.9 Å². The lowest BCUT2D eigenvalue weighted by Gasteiger charge is -2.14. The first-order valence-corrected chi connectivity index (χ1v) is 6.81. The van der Waals surface area contributed by atoms with E-state index < -0.39 is 23.1 Å². The zero-order valence-corrected chi connectivity index (χ0v) is 12.9. The molecule has 124 valence electrons. The molecule has 0 atom stereocenters. The Morgan fingerprint density at radius 1 is 1.25 bits per heavy atom. The molecule has 0 radical (unpaired) electrons. The van der Waals surface area contributed by atoms with E-state index >= 15 is 0 Å². The molecule has 0 fully saturated rings. The topological polar surface area (TPSA) is 67.8 Å². The van der Waals surface area contributed by atoms with Gasteiger partial charge in [-0.3, -0.25) is 9.36 Å². The van der Waals surface area contributed by atoms with E-state index in [1.165, 1.54) is 24.3 Å². The second kappa shape index (κ2) is 6.37. The SMILES string of the molecule is Cn1c(C(F)(F)F)cc(=O)n(-c2ccc(Cl)c(C=CC#N)c2)c1=O. The molecule has 0 aliphatic carbocycles. The van der Waals surface area contributed by atoms with E-state index in [-0.39, 0.29) is 10.7 Å². The monoisotopic (exact) mass is 355 g/mol. The van der Waals surface area contributed by atoms with Gasteiger partial charge < -0.3 is 0 Å². The van der Waals surface area contributed by atoms with Gasteiger partial charge in [0, 0.05) is 24.2 Å². The number of halogens is 4. The Labute approximate surface area is 138 Å². The molecule has 0 saturated heterocycles. The van der Waals surface area contributed by atoms with Crippen LogP contribution in [0.4, 0.5) is 13.2 Å². The molecule has 2 aromatic rings. The van der Waals surface area contributed by atoms with Crippen molar-refractivity contribution in [3.8, 4) is 11.8 Å². The van der Waals surface area contributed by atoms with E-state index in [9.17, 15) is 22.8 Å². The van der Waals surface area contributed by atoms with E-state index in [0.29, 0.717) is 20.8 Å². The van der Waals surface area contributed by atoms with Gasteiger partial charge in [-0.1, -0.05) is 11.6 Å². The highest BCUT2D eigenvalue weighted by Gasteiger charge is 2.35. The number of nitrogens with zero attached hydrogens (tertiary/aromatic N) is 3. The molecule has 1 aromatic heterocycles. The summed E-state index contributed by atoms with van der Waals surface area (Å²) in [6, 6.07) is 6.13. The van der Waals surface area contributed by atoms with Crippen LogP contribution in [-0.4, -0.2) is 9.13 Å². The first-order valence-electron chi connectivity index (χ1n) is 6.43. The highest BCUT2D eigenvalue weighted by atomic mass is 35.5. The summed E-state index contributed by atoms with van der Waals surface area (Å²) in [7, 11) is 0.924. The fourth-order valence-corrected chi connectivity index (χ4v) is 2.24. The van der Waals surface area contributed by atoms with Gasteiger partial charge in [0.1, 0.15) is 5.69 Å². The molecule has 0 amide bonds. The van der Waals surface area contributed by atoms with Gasteiger partial charge in [-0.25, -0.2) is 9.36 Å². The molecule has 9 heteroatoms. The minimum atomic E-state index is -4.83. The molecule has 1 heterocycles. The smallest absolute Gasteiger partial charge is 0.292 e. The van der Waals surface area contributed by atoms with Crippen LogP contribution < -0.4 is 11.2 Å². The molecule has 0 spiro atoms. The van der Waals surface area contributed by atoms with E-state index in [4.69, 9.17) is 16.9 Å². The third kappa shape index (κ3) is 3.26. The standard InChI is InChI=1S/C15H9ClF3N3O2/c1-21-12(15(17,18)19)8-13(23)22(14(21)24)10-4-5-11(16)9(7-10)3-2-6-20/h2-5,7-8H,1H3. The van der Waals surface area contributed by atoms with Crippen molar-refractivity contribution in [1.29, 1.82) is 5.26 Å². The van der Waals surface area contributed by atoms with Crippen LogP contribution in [0.5, 0.6) is 0 Å². The van der Waals surface area contributed by atoms with E-state index in [0.717, 1.165) is 13.1 Å². The summed E-state index contributed by atoms with van der Waals surface area (Å²) in [6.45, 7) is 0. The summed E-state index contributed by atoms with van der Waals surface area (Å²) >= 11 is 5.94. The molecule has 0 saturated carbocycles. The molecule has 0 bridgehead atoms. The highest BCUT2D eigenvalue weighted by Crippen LogP contribution is 2.27. The average molecular weight is 356 g/mol. The van der Waals surface area contributed by atoms with E-state index in [1.54, 1.807) is 6.07 Å². The van der Waals surface area contributed by atoms with Crippen LogP contribution in [0.15, 0.2) is 39.9 Å². The lowest BCUT2D eigenvalue weighted by atomic mass is 10.2. The predicted molar refractivity (Wildman–Crippen MR) is 81.9 cm³/mol. The Kier molecular flexibility index (Phi) is 4.66. The number of alkyl halides is 3. The first-order chi connectivity index (χ1) is 11.2. The Hall–Kier alpha value is -2.79. The van der Waals surface area contributed by atoms with Gasteiger partial charge in [0.05, 0.1) is 11.8 Å². The maximum absolute atomic E-state index is 12.8. The van der Waals surface area contributed by atoms with Crippen molar-refractivity contribution >= 4 is 17.7 Å². The number of rotatable bonds is 2. The van der Waals surface area contributed by atoms with Crippen molar-refractivity contribution in [2.75, 3.05) is 0 Å².